The highest BCUT2D eigenvalue weighted by Gasteiger charge is 2.05. The number of nitrogens with one attached hydrogen (secondary N) is 2. The van der Waals surface area contributed by atoms with Crippen molar-refractivity contribution in [1.29, 1.82) is 0 Å². The molecule has 0 aliphatic carbocycles. The number of carbonyl (C=O) groups excluding carboxylic acids is 1. The first-order valence-corrected chi connectivity index (χ1v) is 7.07. The van der Waals surface area contributed by atoms with Gasteiger partial charge in [0.05, 0.1) is 5.75 Å². The lowest BCUT2D eigenvalue weighted by molar-refractivity contribution is -0.113. The molecule has 0 unspecified atom stereocenters. The van der Waals surface area contributed by atoms with Crippen molar-refractivity contribution in [2.24, 2.45) is 0 Å². The van der Waals surface area contributed by atoms with Gasteiger partial charge in [-0.25, -0.2) is 5.10 Å². The summed E-state index contributed by atoms with van der Waals surface area (Å²) in [6.07, 6.45) is 1.35. The summed E-state index contributed by atoms with van der Waals surface area (Å²) in [5.41, 5.74) is 0. The third-order valence-corrected chi connectivity index (χ3v) is 3.76. The SMILES string of the molecule is O=C(CSc1ccc2ccccc2c1)Nc1ncn[nH]1. The van der Waals surface area contributed by atoms with Crippen LogP contribution in [0.3, 0.4) is 0 Å². The number of fused-ring (bicyclic) bond motifs is 1. The minimum atomic E-state index is -0.111. The number of hydrogen-bond acceptors (Lipinski definition) is 4. The van der Waals surface area contributed by atoms with E-state index in [1.54, 1.807) is 0 Å². The summed E-state index contributed by atoms with van der Waals surface area (Å²) in [5.74, 6) is 0.591. The van der Waals surface area contributed by atoms with E-state index in [-0.39, 0.29) is 5.91 Å². The highest BCUT2D eigenvalue weighted by atomic mass is 32.2. The monoisotopic (exact) mass is 284 g/mol. The molecule has 3 rings (SSSR count). The van der Waals surface area contributed by atoms with E-state index in [2.05, 4.69) is 44.8 Å². The maximum absolute atomic E-state index is 11.7. The van der Waals surface area contributed by atoms with Crippen LogP contribution in [0.25, 0.3) is 10.8 Å². The van der Waals surface area contributed by atoms with E-state index in [1.807, 2.05) is 18.2 Å². The van der Waals surface area contributed by atoms with Crippen LogP contribution in [-0.4, -0.2) is 26.8 Å². The number of amides is 1. The van der Waals surface area contributed by atoms with Crippen molar-refractivity contribution in [1.82, 2.24) is 15.2 Å². The summed E-state index contributed by atoms with van der Waals surface area (Å²) in [6, 6.07) is 14.3. The fourth-order valence-electron chi connectivity index (χ4n) is 1.84. The first-order valence-electron chi connectivity index (χ1n) is 6.08. The van der Waals surface area contributed by atoms with E-state index < -0.39 is 0 Å². The maximum Gasteiger partial charge on any atom is 0.237 e. The number of benzene rings is 2. The minimum absolute atomic E-state index is 0.111. The molecule has 2 N–H and O–H groups in total. The second-order valence-corrected chi connectivity index (χ2v) is 5.23. The van der Waals surface area contributed by atoms with Gasteiger partial charge in [0, 0.05) is 4.90 Å². The molecule has 0 saturated carbocycles. The molecule has 0 radical (unpaired) electrons. The van der Waals surface area contributed by atoms with Crippen LogP contribution in [0.5, 0.6) is 0 Å². The molecule has 0 spiro atoms. The number of H-pyrrole nitrogens is 1. The van der Waals surface area contributed by atoms with Gasteiger partial charge in [0.1, 0.15) is 6.33 Å². The lowest BCUT2D eigenvalue weighted by atomic mass is 10.1. The number of anilines is 1. The molecule has 0 saturated heterocycles. The molecule has 100 valence electrons. The molecular formula is C14H12N4OS. The molecule has 2 aromatic carbocycles. The Hall–Kier alpha value is -2.34. The maximum atomic E-state index is 11.7. The number of nitrogens with zero attached hydrogens (tertiary/aromatic N) is 2. The number of carbonyl (C=O) groups is 1. The van der Waals surface area contributed by atoms with Gasteiger partial charge in [-0.1, -0.05) is 30.3 Å². The van der Waals surface area contributed by atoms with Crippen LogP contribution in [0, 0.1) is 0 Å². The molecule has 0 aliphatic heterocycles. The molecule has 0 fully saturated rings. The fraction of sp³-hybridized carbons (Fsp3) is 0.0714. The number of thioether (sulfide) groups is 1. The quantitative estimate of drug-likeness (QED) is 0.723. The third kappa shape index (κ3) is 2.97. The zero-order chi connectivity index (χ0) is 13.8. The molecular weight excluding hydrogens is 272 g/mol. The van der Waals surface area contributed by atoms with Gasteiger partial charge in [-0.2, -0.15) is 10.1 Å². The lowest BCUT2D eigenvalue weighted by Crippen LogP contribution is -2.14. The highest BCUT2D eigenvalue weighted by molar-refractivity contribution is 8.00. The van der Waals surface area contributed by atoms with Crippen LogP contribution in [0.2, 0.25) is 0 Å². The molecule has 0 bridgehead atoms. The van der Waals surface area contributed by atoms with Crippen molar-refractivity contribution < 1.29 is 4.79 Å². The Bertz CT molecular complexity index is 727. The van der Waals surface area contributed by atoms with E-state index in [1.165, 1.54) is 28.9 Å². The van der Waals surface area contributed by atoms with Gasteiger partial charge in [0.15, 0.2) is 0 Å². The van der Waals surface area contributed by atoms with Crippen LogP contribution >= 0.6 is 11.8 Å². The molecule has 5 nitrogen and oxygen atoms in total. The van der Waals surface area contributed by atoms with Gasteiger partial charge in [0.25, 0.3) is 0 Å². The van der Waals surface area contributed by atoms with Crippen molar-refractivity contribution in [2.45, 2.75) is 4.90 Å². The Labute approximate surface area is 119 Å². The van der Waals surface area contributed by atoms with Crippen molar-refractivity contribution in [3.63, 3.8) is 0 Å². The van der Waals surface area contributed by atoms with Gasteiger partial charge in [-0.15, -0.1) is 11.8 Å². The Kier molecular flexibility index (Phi) is 3.64. The second-order valence-electron chi connectivity index (χ2n) is 4.18. The van der Waals surface area contributed by atoms with E-state index >= 15 is 0 Å². The standard InChI is InChI=1S/C14H12N4OS/c19-13(17-14-15-9-16-18-14)8-20-12-6-5-10-3-1-2-4-11(10)7-12/h1-7,9H,8H2,(H2,15,16,17,18,19). The summed E-state index contributed by atoms with van der Waals surface area (Å²) in [6.45, 7) is 0. The molecule has 6 heteroatoms. The van der Waals surface area contributed by atoms with Gasteiger partial charge in [-0.3, -0.25) is 10.1 Å². The molecule has 0 atom stereocenters. The topological polar surface area (TPSA) is 70.7 Å². The summed E-state index contributed by atoms with van der Waals surface area (Å²) in [5, 5.41) is 11.3. The first-order chi connectivity index (χ1) is 9.81. The summed E-state index contributed by atoms with van der Waals surface area (Å²) >= 11 is 1.49. The predicted molar refractivity (Wildman–Crippen MR) is 79.7 cm³/mol. The molecule has 20 heavy (non-hydrogen) atoms. The zero-order valence-electron chi connectivity index (χ0n) is 10.5. The second kappa shape index (κ2) is 5.75. The molecule has 1 amide bonds. The summed E-state index contributed by atoms with van der Waals surface area (Å²) < 4.78 is 0. The Morgan fingerprint density at radius 1 is 1.20 bits per heavy atom. The van der Waals surface area contributed by atoms with Gasteiger partial charge >= 0.3 is 0 Å². The van der Waals surface area contributed by atoms with E-state index in [0.717, 1.165) is 4.90 Å². The van der Waals surface area contributed by atoms with Crippen LogP contribution in [-0.2, 0) is 4.79 Å². The number of rotatable bonds is 4. The molecule has 1 aromatic heterocycles. The largest absolute Gasteiger partial charge is 0.294 e. The van der Waals surface area contributed by atoms with Crippen LogP contribution < -0.4 is 5.32 Å². The fourth-order valence-corrected chi connectivity index (χ4v) is 2.58. The van der Waals surface area contributed by atoms with Crippen LogP contribution in [0.4, 0.5) is 5.95 Å². The number of aromatic nitrogens is 3. The normalized spacial score (nSPS) is 10.6. The number of aromatic amines is 1. The van der Waals surface area contributed by atoms with Crippen LogP contribution in [0.1, 0.15) is 0 Å². The smallest absolute Gasteiger partial charge is 0.237 e. The van der Waals surface area contributed by atoms with E-state index in [4.69, 9.17) is 0 Å². The average molecular weight is 284 g/mol. The van der Waals surface area contributed by atoms with Gasteiger partial charge in [-0.05, 0) is 22.9 Å². The Balaban J connectivity index is 1.63. The highest BCUT2D eigenvalue weighted by Crippen LogP contribution is 2.23. The number of hydrogen-bond donors (Lipinski definition) is 2. The van der Waals surface area contributed by atoms with Gasteiger partial charge in [0.2, 0.25) is 11.9 Å². The Morgan fingerprint density at radius 3 is 2.85 bits per heavy atom. The average Bonchev–Trinajstić information content (AvgIpc) is 2.98. The van der Waals surface area contributed by atoms with E-state index in [9.17, 15) is 4.79 Å². The van der Waals surface area contributed by atoms with Crippen molar-refractivity contribution in [3.05, 3.63) is 48.8 Å². The Morgan fingerprint density at radius 2 is 2.05 bits per heavy atom. The third-order valence-electron chi connectivity index (χ3n) is 2.76. The predicted octanol–water partition coefficient (Wildman–Crippen LogP) is 2.69. The lowest BCUT2D eigenvalue weighted by Gasteiger charge is -2.04. The first kappa shape index (κ1) is 12.7. The van der Waals surface area contributed by atoms with E-state index in [0.29, 0.717) is 11.7 Å². The zero-order valence-corrected chi connectivity index (χ0v) is 11.4. The minimum Gasteiger partial charge on any atom is -0.294 e. The molecule has 1 heterocycles. The molecule has 3 aromatic rings. The van der Waals surface area contributed by atoms with Crippen molar-refractivity contribution in [2.75, 3.05) is 11.1 Å². The summed E-state index contributed by atoms with van der Waals surface area (Å²) in [7, 11) is 0. The molecule has 0 aliphatic rings. The van der Waals surface area contributed by atoms with Crippen molar-refractivity contribution in [3.8, 4) is 0 Å². The van der Waals surface area contributed by atoms with Gasteiger partial charge < -0.3 is 0 Å². The van der Waals surface area contributed by atoms with Crippen molar-refractivity contribution >= 4 is 34.4 Å². The van der Waals surface area contributed by atoms with Crippen LogP contribution in [0.15, 0.2) is 53.7 Å². The summed E-state index contributed by atoms with van der Waals surface area (Å²) in [4.78, 5) is 16.6.